The van der Waals surface area contributed by atoms with Crippen molar-refractivity contribution >= 4 is 6.08 Å². The molecule has 0 fully saturated rings. The van der Waals surface area contributed by atoms with Crippen LogP contribution in [0.4, 0.5) is 0 Å². The van der Waals surface area contributed by atoms with Crippen molar-refractivity contribution in [1.82, 2.24) is 5.32 Å². The highest BCUT2D eigenvalue weighted by atomic mass is 16.5. The maximum Gasteiger partial charge on any atom is 0.133 e. The first-order valence-electron chi connectivity index (χ1n) is 4.99. The zero-order valence-electron chi connectivity index (χ0n) is 9.78. The van der Waals surface area contributed by atoms with Crippen molar-refractivity contribution in [1.29, 1.82) is 0 Å². The number of likely N-dealkylation sites (N-methyl/N-ethyl adjacent to an activating group) is 1. The average molecular weight is 223 g/mol. The van der Waals surface area contributed by atoms with Gasteiger partial charge in [-0.3, -0.25) is 0 Å². The van der Waals surface area contributed by atoms with E-state index < -0.39 is 0 Å². The zero-order valence-corrected chi connectivity index (χ0v) is 9.78. The van der Waals surface area contributed by atoms with E-state index in [1.165, 1.54) is 0 Å². The lowest BCUT2D eigenvalue weighted by molar-refractivity contribution is 0.384. The van der Waals surface area contributed by atoms with Gasteiger partial charge in [0.2, 0.25) is 0 Å². The highest BCUT2D eigenvalue weighted by molar-refractivity contribution is 5.66. The second kappa shape index (κ2) is 6.02. The monoisotopic (exact) mass is 223 g/mol. The van der Waals surface area contributed by atoms with Gasteiger partial charge in [0.1, 0.15) is 17.2 Å². The first kappa shape index (κ1) is 12.4. The topological polar surface area (TPSA) is 50.7 Å². The van der Waals surface area contributed by atoms with Crippen LogP contribution in [0.15, 0.2) is 18.2 Å². The van der Waals surface area contributed by atoms with Crippen LogP contribution in [0.3, 0.4) is 0 Å². The van der Waals surface area contributed by atoms with Crippen molar-refractivity contribution in [2.75, 3.05) is 27.8 Å². The molecule has 2 N–H and O–H groups in total. The molecular weight excluding hydrogens is 206 g/mol. The van der Waals surface area contributed by atoms with Crippen LogP contribution in [0.5, 0.6) is 17.2 Å². The molecule has 4 nitrogen and oxygen atoms in total. The van der Waals surface area contributed by atoms with Crippen molar-refractivity contribution in [3.63, 3.8) is 0 Å². The number of phenolic OH excluding ortho intramolecular Hbond substituents is 1. The summed E-state index contributed by atoms with van der Waals surface area (Å²) in [5, 5.41) is 12.8. The van der Waals surface area contributed by atoms with Crippen molar-refractivity contribution in [2.24, 2.45) is 0 Å². The predicted octanol–water partition coefficient (Wildman–Crippen LogP) is 1.64. The highest BCUT2D eigenvalue weighted by Gasteiger charge is 2.08. The SMILES string of the molecule is CNCC=Cc1c(O)cc(OC)cc1OC. The molecule has 1 rings (SSSR count). The van der Waals surface area contributed by atoms with Gasteiger partial charge in [0.25, 0.3) is 0 Å². The lowest BCUT2D eigenvalue weighted by atomic mass is 10.1. The van der Waals surface area contributed by atoms with Gasteiger partial charge >= 0.3 is 0 Å². The molecule has 1 aromatic carbocycles. The van der Waals surface area contributed by atoms with E-state index in [-0.39, 0.29) is 5.75 Å². The number of phenols is 1. The van der Waals surface area contributed by atoms with Crippen LogP contribution < -0.4 is 14.8 Å². The van der Waals surface area contributed by atoms with Crippen molar-refractivity contribution in [3.05, 3.63) is 23.8 Å². The first-order chi connectivity index (χ1) is 7.72. The number of benzene rings is 1. The molecule has 0 aliphatic carbocycles. The van der Waals surface area contributed by atoms with E-state index in [2.05, 4.69) is 5.32 Å². The molecule has 4 heteroatoms. The van der Waals surface area contributed by atoms with Crippen molar-refractivity contribution in [3.8, 4) is 17.2 Å². The fourth-order valence-corrected chi connectivity index (χ4v) is 1.34. The minimum Gasteiger partial charge on any atom is -0.507 e. The summed E-state index contributed by atoms with van der Waals surface area (Å²) in [6.07, 6.45) is 3.72. The maximum absolute atomic E-state index is 9.80. The summed E-state index contributed by atoms with van der Waals surface area (Å²) in [6.45, 7) is 0.731. The molecular formula is C12H17NO3. The average Bonchev–Trinajstić information content (AvgIpc) is 2.30. The number of aromatic hydroxyl groups is 1. The minimum absolute atomic E-state index is 0.142. The summed E-state index contributed by atoms with van der Waals surface area (Å²) in [5.74, 6) is 1.30. The Kier molecular flexibility index (Phi) is 4.66. The molecule has 0 bridgehead atoms. The largest absolute Gasteiger partial charge is 0.507 e. The summed E-state index contributed by atoms with van der Waals surface area (Å²) in [6, 6.07) is 3.29. The maximum atomic E-state index is 9.80. The van der Waals surface area contributed by atoms with E-state index in [0.717, 1.165) is 6.54 Å². The lowest BCUT2D eigenvalue weighted by Crippen LogP contribution is -2.03. The Morgan fingerprint density at radius 1 is 1.31 bits per heavy atom. The summed E-state index contributed by atoms with van der Waals surface area (Å²) >= 11 is 0. The summed E-state index contributed by atoms with van der Waals surface area (Å²) < 4.78 is 10.2. The van der Waals surface area contributed by atoms with Crippen LogP contribution in [-0.2, 0) is 0 Å². The van der Waals surface area contributed by atoms with Crippen molar-refractivity contribution < 1.29 is 14.6 Å². The third-order valence-corrected chi connectivity index (χ3v) is 2.16. The van der Waals surface area contributed by atoms with E-state index in [4.69, 9.17) is 9.47 Å². The summed E-state index contributed by atoms with van der Waals surface area (Å²) in [5.41, 5.74) is 0.651. The first-order valence-corrected chi connectivity index (χ1v) is 4.99. The molecule has 0 radical (unpaired) electrons. The molecule has 0 aromatic heterocycles. The molecule has 0 saturated carbocycles. The zero-order chi connectivity index (χ0) is 12.0. The Balaban J connectivity index is 3.06. The molecule has 0 atom stereocenters. The fourth-order valence-electron chi connectivity index (χ4n) is 1.34. The number of ether oxygens (including phenoxy) is 2. The predicted molar refractivity (Wildman–Crippen MR) is 64.2 cm³/mol. The van der Waals surface area contributed by atoms with Gasteiger partial charge in [-0.2, -0.15) is 0 Å². The van der Waals surface area contributed by atoms with Gasteiger partial charge in [-0.25, -0.2) is 0 Å². The number of nitrogens with one attached hydrogen (secondary N) is 1. The molecule has 0 amide bonds. The molecule has 0 heterocycles. The molecule has 0 aliphatic heterocycles. The third-order valence-electron chi connectivity index (χ3n) is 2.16. The van der Waals surface area contributed by atoms with E-state index in [1.807, 2.05) is 19.2 Å². The molecule has 1 aromatic rings. The molecule has 88 valence electrons. The number of hydrogen-bond donors (Lipinski definition) is 2. The van der Waals surface area contributed by atoms with Crippen LogP contribution in [0.25, 0.3) is 6.08 Å². The summed E-state index contributed by atoms with van der Waals surface area (Å²) in [7, 11) is 4.96. The van der Waals surface area contributed by atoms with Gasteiger partial charge in [0, 0.05) is 18.7 Å². The Morgan fingerprint density at radius 3 is 2.62 bits per heavy atom. The second-order valence-electron chi connectivity index (χ2n) is 3.22. The van der Waals surface area contributed by atoms with Crippen LogP contribution >= 0.6 is 0 Å². The molecule has 16 heavy (non-hydrogen) atoms. The lowest BCUT2D eigenvalue weighted by Gasteiger charge is -2.09. The molecule has 0 spiro atoms. The number of rotatable bonds is 5. The van der Waals surface area contributed by atoms with Gasteiger partial charge in [-0.05, 0) is 7.05 Å². The minimum atomic E-state index is 0.142. The van der Waals surface area contributed by atoms with E-state index in [1.54, 1.807) is 26.4 Å². The van der Waals surface area contributed by atoms with Gasteiger partial charge < -0.3 is 19.9 Å². The normalized spacial score (nSPS) is 10.7. The number of methoxy groups -OCH3 is 2. The smallest absolute Gasteiger partial charge is 0.133 e. The van der Waals surface area contributed by atoms with Gasteiger partial charge in [-0.1, -0.05) is 12.2 Å². The second-order valence-corrected chi connectivity index (χ2v) is 3.22. The Hall–Kier alpha value is -1.68. The molecule has 0 saturated heterocycles. The van der Waals surface area contributed by atoms with Crippen LogP contribution in [0.2, 0.25) is 0 Å². The van der Waals surface area contributed by atoms with Crippen molar-refractivity contribution in [2.45, 2.75) is 0 Å². The van der Waals surface area contributed by atoms with Gasteiger partial charge in [0.15, 0.2) is 0 Å². The Bertz CT molecular complexity index is 375. The van der Waals surface area contributed by atoms with E-state index >= 15 is 0 Å². The van der Waals surface area contributed by atoms with Crippen LogP contribution in [0.1, 0.15) is 5.56 Å². The Labute approximate surface area is 95.5 Å². The molecule has 0 aliphatic rings. The standard InChI is InChI=1S/C12H17NO3/c1-13-6-4-5-10-11(14)7-9(15-2)8-12(10)16-3/h4-5,7-8,13-14H,6H2,1-3H3. The van der Waals surface area contributed by atoms with E-state index in [0.29, 0.717) is 17.1 Å². The van der Waals surface area contributed by atoms with Gasteiger partial charge in [0.05, 0.1) is 19.8 Å². The summed E-state index contributed by atoms with van der Waals surface area (Å²) in [4.78, 5) is 0. The Morgan fingerprint density at radius 2 is 2.06 bits per heavy atom. The fraction of sp³-hybridized carbons (Fsp3) is 0.333. The quantitative estimate of drug-likeness (QED) is 0.796. The molecule has 0 unspecified atom stereocenters. The van der Waals surface area contributed by atoms with E-state index in [9.17, 15) is 5.11 Å². The highest BCUT2D eigenvalue weighted by Crippen LogP contribution is 2.34. The third kappa shape index (κ3) is 2.90. The van der Waals surface area contributed by atoms with Crippen LogP contribution in [-0.4, -0.2) is 32.9 Å². The van der Waals surface area contributed by atoms with Gasteiger partial charge in [-0.15, -0.1) is 0 Å². The number of hydrogen-bond acceptors (Lipinski definition) is 4. The van der Waals surface area contributed by atoms with Crippen LogP contribution in [0, 0.1) is 0 Å².